The van der Waals surface area contributed by atoms with Gasteiger partial charge in [0.25, 0.3) is 0 Å². The van der Waals surface area contributed by atoms with Gasteiger partial charge in [-0.3, -0.25) is 4.90 Å². The van der Waals surface area contributed by atoms with Gasteiger partial charge in [-0.15, -0.1) is 0 Å². The molecule has 0 amide bonds. The van der Waals surface area contributed by atoms with E-state index in [0.29, 0.717) is 6.54 Å². The van der Waals surface area contributed by atoms with Crippen LogP contribution in [0.4, 0.5) is 0 Å². The molecule has 102 valence electrons. The van der Waals surface area contributed by atoms with Gasteiger partial charge in [0.15, 0.2) is 6.29 Å². The van der Waals surface area contributed by atoms with Crippen LogP contribution in [0.1, 0.15) is 12.0 Å². The highest BCUT2D eigenvalue weighted by Gasteiger charge is 2.18. The van der Waals surface area contributed by atoms with Crippen LogP contribution < -0.4 is 5.73 Å². The first-order valence-electron chi connectivity index (χ1n) is 6.21. The third-order valence-electron chi connectivity index (χ3n) is 3.16. The molecule has 0 aliphatic carbocycles. The van der Waals surface area contributed by atoms with Crippen molar-refractivity contribution in [1.82, 2.24) is 4.90 Å². The number of nitrogens with two attached hydrogens (primary N) is 1. The molecular formula is C14H24N2O2. The van der Waals surface area contributed by atoms with Gasteiger partial charge in [-0.25, -0.2) is 0 Å². The molecule has 0 saturated carbocycles. The molecule has 0 radical (unpaired) electrons. The van der Waals surface area contributed by atoms with Crippen molar-refractivity contribution in [3.8, 4) is 0 Å². The van der Waals surface area contributed by atoms with Crippen LogP contribution in [0.15, 0.2) is 30.3 Å². The maximum Gasteiger partial charge on any atom is 0.158 e. The molecule has 4 heteroatoms. The topological polar surface area (TPSA) is 47.7 Å². The SMILES string of the molecule is COC(CC(CN)N(C)Cc1ccccc1)OC. The number of hydrogen-bond acceptors (Lipinski definition) is 4. The van der Waals surface area contributed by atoms with Crippen LogP contribution >= 0.6 is 0 Å². The summed E-state index contributed by atoms with van der Waals surface area (Å²) in [7, 11) is 5.38. The first-order valence-corrected chi connectivity index (χ1v) is 6.21. The van der Waals surface area contributed by atoms with Gasteiger partial charge in [0.05, 0.1) is 0 Å². The van der Waals surface area contributed by atoms with Crippen LogP contribution in [-0.4, -0.2) is 45.0 Å². The average molecular weight is 252 g/mol. The number of ether oxygens (including phenoxy) is 2. The van der Waals surface area contributed by atoms with Crippen molar-refractivity contribution in [3.05, 3.63) is 35.9 Å². The summed E-state index contributed by atoms with van der Waals surface area (Å²) in [6, 6.07) is 10.6. The van der Waals surface area contributed by atoms with E-state index < -0.39 is 0 Å². The predicted molar refractivity (Wildman–Crippen MR) is 73.2 cm³/mol. The molecule has 1 rings (SSSR count). The van der Waals surface area contributed by atoms with Gasteiger partial charge in [0, 0.05) is 39.8 Å². The predicted octanol–water partition coefficient (Wildman–Crippen LogP) is 1.45. The van der Waals surface area contributed by atoms with Crippen LogP contribution in [0.2, 0.25) is 0 Å². The maximum absolute atomic E-state index is 5.83. The molecular weight excluding hydrogens is 228 g/mol. The Morgan fingerprint density at radius 1 is 1.17 bits per heavy atom. The molecule has 0 aliphatic rings. The largest absolute Gasteiger partial charge is 0.356 e. The van der Waals surface area contributed by atoms with Crippen molar-refractivity contribution in [3.63, 3.8) is 0 Å². The lowest BCUT2D eigenvalue weighted by Crippen LogP contribution is -2.40. The van der Waals surface area contributed by atoms with E-state index in [0.717, 1.165) is 13.0 Å². The van der Waals surface area contributed by atoms with Crippen LogP contribution in [0, 0.1) is 0 Å². The number of methoxy groups -OCH3 is 2. The second kappa shape index (κ2) is 8.21. The molecule has 0 fully saturated rings. The summed E-state index contributed by atoms with van der Waals surface area (Å²) in [4.78, 5) is 2.24. The zero-order chi connectivity index (χ0) is 13.4. The summed E-state index contributed by atoms with van der Waals surface area (Å²) in [6.45, 7) is 1.47. The van der Waals surface area contributed by atoms with E-state index in [4.69, 9.17) is 15.2 Å². The molecule has 0 aliphatic heterocycles. The first kappa shape index (κ1) is 15.1. The molecule has 0 heterocycles. The molecule has 4 nitrogen and oxygen atoms in total. The van der Waals surface area contributed by atoms with Crippen molar-refractivity contribution < 1.29 is 9.47 Å². The Labute approximate surface area is 110 Å². The van der Waals surface area contributed by atoms with Crippen LogP contribution in [0.5, 0.6) is 0 Å². The summed E-state index contributed by atoms with van der Waals surface area (Å²) in [5, 5.41) is 0. The summed E-state index contributed by atoms with van der Waals surface area (Å²) in [5.41, 5.74) is 7.11. The zero-order valence-corrected chi connectivity index (χ0v) is 11.5. The third kappa shape index (κ3) is 4.74. The fraction of sp³-hybridized carbons (Fsp3) is 0.571. The number of nitrogens with zero attached hydrogens (tertiary/aromatic N) is 1. The summed E-state index contributed by atoms with van der Waals surface area (Å²) in [6.07, 6.45) is 0.573. The average Bonchev–Trinajstić information content (AvgIpc) is 2.41. The summed E-state index contributed by atoms with van der Waals surface area (Å²) < 4.78 is 10.5. The van der Waals surface area contributed by atoms with Gasteiger partial charge in [-0.2, -0.15) is 0 Å². The lowest BCUT2D eigenvalue weighted by Gasteiger charge is -2.29. The van der Waals surface area contributed by atoms with E-state index in [1.165, 1.54) is 5.56 Å². The standard InChI is InChI=1S/C14H24N2O2/c1-16(11-12-7-5-4-6-8-12)13(10-15)9-14(17-2)18-3/h4-8,13-14H,9-11,15H2,1-3H3. The number of likely N-dealkylation sites (N-methyl/N-ethyl adjacent to an activating group) is 1. The summed E-state index contributed by atoms with van der Waals surface area (Å²) >= 11 is 0. The Bertz CT molecular complexity index is 315. The smallest absolute Gasteiger partial charge is 0.158 e. The molecule has 2 N–H and O–H groups in total. The molecule has 1 aromatic rings. The van der Waals surface area contributed by atoms with Crippen molar-refractivity contribution in [2.75, 3.05) is 27.8 Å². The number of benzene rings is 1. The third-order valence-corrected chi connectivity index (χ3v) is 3.16. The molecule has 1 aromatic carbocycles. The Kier molecular flexibility index (Phi) is 6.90. The minimum Gasteiger partial charge on any atom is -0.356 e. The number of rotatable bonds is 8. The lowest BCUT2D eigenvalue weighted by atomic mass is 10.1. The number of hydrogen-bond donors (Lipinski definition) is 1. The highest BCUT2D eigenvalue weighted by molar-refractivity contribution is 5.14. The molecule has 1 unspecified atom stereocenters. The molecule has 0 saturated heterocycles. The molecule has 18 heavy (non-hydrogen) atoms. The van der Waals surface area contributed by atoms with Gasteiger partial charge in [0.1, 0.15) is 0 Å². The minimum atomic E-state index is -0.197. The van der Waals surface area contributed by atoms with Crippen molar-refractivity contribution in [1.29, 1.82) is 0 Å². The van der Waals surface area contributed by atoms with Crippen molar-refractivity contribution >= 4 is 0 Å². The van der Waals surface area contributed by atoms with E-state index >= 15 is 0 Å². The molecule has 0 aromatic heterocycles. The Hall–Kier alpha value is -0.940. The zero-order valence-electron chi connectivity index (χ0n) is 11.5. The van der Waals surface area contributed by atoms with Crippen LogP contribution in [-0.2, 0) is 16.0 Å². The molecule has 1 atom stereocenters. The second-order valence-electron chi connectivity index (χ2n) is 4.43. The van der Waals surface area contributed by atoms with E-state index in [2.05, 4.69) is 24.1 Å². The fourth-order valence-corrected chi connectivity index (χ4v) is 1.97. The van der Waals surface area contributed by atoms with E-state index in [-0.39, 0.29) is 12.3 Å². The Morgan fingerprint density at radius 2 is 1.78 bits per heavy atom. The van der Waals surface area contributed by atoms with Crippen molar-refractivity contribution in [2.45, 2.75) is 25.3 Å². The first-order chi connectivity index (χ1) is 8.71. The Morgan fingerprint density at radius 3 is 2.28 bits per heavy atom. The van der Waals surface area contributed by atoms with Gasteiger partial charge in [-0.05, 0) is 12.6 Å². The Balaban J connectivity index is 2.54. The highest BCUT2D eigenvalue weighted by atomic mass is 16.7. The quantitative estimate of drug-likeness (QED) is 0.712. The normalized spacial score (nSPS) is 13.2. The van der Waals surface area contributed by atoms with Crippen LogP contribution in [0.3, 0.4) is 0 Å². The van der Waals surface area contributed by atoms with Crippen molar-refractivity contribution in [2.24, 2.45) is 5.73 Å². The van der Waals surface area contributed by atoms with Gasteiger partial charge >= 0.3 is 0 Å². The maximum atomic E-state index is 5.83. The minimum absolute atomic E-state index is 0.197. The molecule has 0 bridgehead atoms. The van der Waals surface area contributed by atoms with Crippen LogP contribution in [0.25, 0.3) is 0 Å². The highest BCUT2D eigenvalue weighted by Crippen LogP contribution is 2.11. The lowest BCUT2D eigenvalue weighted by molar-refractivity contribution is -0.116. The van der Waals surface area contributed by atoms with Gasteiger partial charge < -0.3 is 15.2 Å². The molecule has 0 spiro atoms. The summed E-state index contributed by atoms with van der Waals surface area (Å²) in [5.74, 6) is 0. The van der Waals surface area contributed by atoms with Gasteiger partial charge in [0.2, 0.25) is 0 Å². The van der Waals surface area contributed by atoms with E-state index in [1.54, 1.807) is 14.2 Å². The van der Waals surface area contributed by atoms with Gasteiger partial charge in [-0.1, -0.05) is 30.3 Å². The second-order valence-corrected chi connectivity index (χ2v) is 4.43. The van der Waals surface area contributed by atoms with E-state index in [1.807, 2.05) is 18.2 Å². The monoisotopic (exact) mass is 252 g/mol. The van der Waals surface area contributed by atoms with E-state index in [9.17, 15) is 0 Å². The fourth-order valence-electron chi connectivity index (χ4n) is 1.97.